The number of urea groups is 1. The lowest BCUT2D eigenvalue weighted by Crippen LogP contribution is -2.54. The van der Waals surface area contributed by atoms with Crippen molar-refractivity contribution < 1.29 is 14.3 Å². The van der Waals surface area contributed by atoms with Crippen molar-refractivity contribution in [3.8, 4) is 0 Å². The highest BCUT2D eigenvalue weighted by Crippen LogP contribution is 2.26. The fraction of sp³-hybridized carbons (Fsp3) is 0.846. The summed E-state index contributed by atoms with van der Waals surface area (Å²) in [7, 11) is 0. The van der Waals surface area contributed by atoms with Gasteiger partial charge < -0.3 is 15.4 Å². The highest BCUT2D eigenvalue weighted by Gasteiger charge is 2.51. The maximum Gasteiger partial charge on any atom is 0.325 e. The molecule has 2 saturated heterocycles. The van der Waals surface area contributed by atoms with Crippen molar-refractivity contribution >= 4 is 11.9 Å². The number of nitrogens with zero attached hydrogens (tertiary/aromatic N) is 1. The van der Waals surface area contributed by atoms with Gasteiger partial charge in [-0.3, -0.25) is 9.69 Å². The van der Waals surface area contributed by atoms with E-state index in [4.69, 9.17) is 4.74 Å². The van der Waals surface area contributed by atoms with Gasteiger partial charge in [-0.05, 0) is 32.4 Å². The number of nitrogens with one attached hydrogen (secondary N) is 2. The van der Waals surface area contributed by atoms with Gasteiger partial charge in [0.1, 0.15) is 5.54 Å². The summed E-state index contributed by atoms with van der Waals surface area (Å²) in [6.07, 6.45) is 3.44. The van der Waals surface area contributed by atoms with E-state index in [0.29, 0.717) is 32.6 Å². The van der Waals surface area contributed by atoms with Gasteiger partial charge in [0.2, 0.25) is 0 Å². The molecule has 2 heterocycles. The third-order valence-electron chi connectivity index (χ3n) is 3.80. The van der Waals surface area contributed by atoms with Crippen molar-refractivity contribution in [3.05, 3.63) is 0 Å². The van der Waals surface area contributed by atoms with Crippen LogP contribution in [0.3, 0.4) is 0 Å². The Labute approximate surface area is 113 Å². The molecule has 0 radical (unpaired) electrons. The van der Waals surface area contributed by atoms with Crippen LogP contribution in [-0.2, 0) is 9.53 Å². The number of rotatable bonds is 6. The normalized spacial score (nSPS) is 22.1. The van der Waals surface area contributed by atoms with Gasteiger partial charge in [0.05, 0.1) is 13.2 Å². The van der Waals surface area contributed by atoms with Gasteiger partial charge in [-0.1, -0.05) is 13.3 Å². The average molecular weight is 269 g/mol. The number of hydrogen-bond acceptors (Lipinski definition) is 4. The summed E-state index contributed by atoms with van der Waals surface area (Å²) in [4.78, 5) is 25.6. The SMILES string of the molecule is CCCCOCCN1C(=O)NC2(CCNCC2)C1=O. The fourth-order valence-electron chi connectivity index (χ4n) is 2.58. The summed E-state index contributed by atoms with van der Waals surface area (Å²) in [6.45, 7) is 5.10. The second kappa shape index (κ2) is 6.34. The average Bonchev–Trinajstić information content (AvgIpc) is 2.63. The Kier molecular flexibility index (Phi) is 4.76. The Hall–Kier alpha value is -1.14. The summed E-state index contributed by atoms with van der Waals surface area (Å²) in [5.74, 6) is -0.0851. The van der Waals surface area contributed by atoms with Crippen LogP contribution in [0.15, 0.2) is 0 Å². The van der Waals surface area contributed by atoms with Crippen LogP contribution in [0.25, 0.3) is 0 Å². The van der Waals surface area contributed by atoms with Crippen LogP contribution in [-0.4, -0.2) is 55.2 Å². The van der Waals surface area contributed by atoms with Crippen molar-refractivity contribution in [1.29, 1.82) is 0 Å². The molecule has 0 aromatic carbocycles. The number of carbonyl (C=O) groups is 2. The van der Waals surface area contributed by atoms with Gasteiger partial charge in [-0.15, -0.1) is 0 Å². The predicted molar refractivity (Wildman–Crippen MR) is 70.8 cm³/mol. The summed E-state index contributed by atoms with van der Waals surface area (Å²) < 4.78 is 5.42. The van der Waals surface area contributed by atoms with Crippen molar-refractivity contribution in [2.45, 2.75) is 38.1 Å². The van der Waals surface area contributed by atoms with E-state index in [-0.39, 0.29) is 11.9 Å². The zero-order valence-electron chi connectivity index (χ0n) is 11.5. The summed E-state index contributed by atoms with van der Waals surface area (Å²) in [5, 5.41) is 6.07. The lowest BCUT2D eigenvalue weighted by molar-refractivity contribution is -0.132. The minimum Gasteiger partial charge on any atom is -0.380 e. The Balaban J connectivity index is 1.84. The highest BCUT2D eigenvalue weighted by molar-refractivity contribution is 6.07. The van der Waals surface area contributed by atoms with Gasteiger partial charge in [0, 0.05) is 6.61 Å². The van der Waals surface area contributed by atoms with Crippen LogP contribution in [0.4, 0.5) is 4.79 Å². The third-order valence-corrected chi connectivity index (χ3v) is 3.80. The first kappa shape index (κ1) is 14.3. The number of imide groups is 1. The van der Waals surface area contributed by atoms with Crippen molar-refractivity contribution in [2.75, 3.05) is 32.8 Å². The second-order valence-electron chi connectivity index (χ2n) is 5.18. The van der Waals surface area contributed by atoms with E-state index in [9.17, 15) is 9.59 Å². The molecule has 0 bridgehead atoms. The molecule has 6 nitrogen and oxygen atoms in total. The zero-order valence-corrected chi connectivity index (χ0v) is 11.5. The minimum atomic E-state index is -0.661. The maximum absolute atomic E-state index is 12.4. The topological polar surface area (TPSA) is 70.7 Å². The number of unbranched alkanes of at least 4 members (excludes halogenated alkanes) is 1. The first-order valence-electron chi connectivity index (χ1n) is 7.12. The van der Waals surface area contributed by atoms with Gasteiger partial charge >= 0.3 is 6.03 Å². The number of amides is 3. The van der Waals surface area contributed by atoms with Gasteiger partial charge in [0.25, 0.3) is 5.91 Å². The standard InChI is InChI=1S/C13H23N3O3/c1-2-3-9-19-10-8-16-11(17)13(15-12(16)18)4-6-14-7-5-13/h14H,2-10H2,1H3,(H,15,18). The monoisotopic (exact) mass is 269 g/mol. The summed E-state index contributed by atoms with van der Waals surface area (Å²) >= 11 is 0. The molecule has 0 saturated carbocycles. The first-order valence-corrected chi connectivity index (χ1v) is 7.12. The van der Waals surface area contributed by atoms with E-state index in [0.717, 1.165) is 25.9 Å². The van der Waals surface area contributed by atoms with Crippen LogP contribution in [0.5, 0.6) is 0 Å². The molecule has 2 fully saturated rings. The van der Waals surface area contributed by atoms with Crippen molar-refractivity contribution in [1.82, 2.24) is 15.5 Å². The Morgan fingerprint density at radius 2 is 2.00 bits per heavy atom. The van der Waals surface area contributed by atoms with Crippen LogP contribution >= 0.6 is 0 Å². The van der Waals surface area contributed by atoms with Crippen LogP contribution < -0.4 is 10.6 Å². The minimum absolute atomic E-state index is 0.0851. The van der Waals surface area contributed by atoms with E-state index in [1.54, 1.807) is 0 Å². The second-order valence-corrected chi connectivity index (χ2v) is 5.18. The molecule has 0 atom stereocenters. The molecule has 108 valence electrons. The van der Waals surface area contributed by atoms with E-state index in [1.165, 1.54) is 4.90 Å². The number of carbonyl (C=O) groups excluding carboxylic acids is 2. The molecule has 0 aromatic heterocycles. The van der Waals surface area contributed by atoms with E-state index < -0.39 is 5.54 Å². The van der Waals surface area contributed by atoms with E-state index in [2.05, 4.69) is 17.6 Å². The molecule has 2 rings (SSSR count). The molecule has 6 heteroatoms. The smallest absolute Gasteiger partial charge is 0.325 e. The van der Waals surface area contributed by atoms with Crippen molar-refractivity contribution in [2.24, 2.45) is 0 Å². The molecule has 2 aliphatic heterocycles. The molecule has 3 amide bonds. The number of piperidine rings is 1. The predicted octanol–water partition coefficient (Wildman–Crippen LogP) is 0.477. The molecule has 2 N–H and O–H groups in total. The summed E-state index contributed by atoms with van der Waals surface area (Å²) in [6, 6.07) is -0.272. The maximum atomic E-state index is 12.4. The fourth-order valence-corrected chi connectivity index (χ4v) is 2.58. The quantitative estimate of drug-likeness (QED) is 0.543. The number of ether oxygens (including phenoxy) is 1. The molecule has 1 spiro atoms. The van der Waals surface area contributed by atoms with Gasteiger partial charge in [0.15, 0.2) is 0 Å². The van der Waals surface area contributed by atoms with Crippen molar-refractivity contribution in [3.63, 3.8) is 0 Å². The van der Waals surface area contributed by atoms with Crippen LogP contribution in [0.1, 0.15) is 32.6 Å². The third kappa shape index (κ3) is 3.06. The van der Waals surface area contributed by atoms with Crippen LogP contribution in [0, 0.1) is 0 Å². The molecule has 0 aliphatic carbocycles. The molecule has 19 heavy (non-hydrogen) atoms. The summed E-state index contributed by atoms with van der Waals surface area (Å²) in [5.41, 5.74) is -0.661. The van der Waals surface area contributed by atoms with Gasteiger partial charge in [-0.2, -0.15) is 0 Å². The Bertz CT molecular complexity index is 340. The van der Waals surface area contributed by atoms with E-state index in [1.807, 2.05) is 0 Å². The van der Waals surface area contributed by atoms with Gasteiger partial charge in [-0.25, -0.2) is 4.79 Å². The lowest BCUT2D eigenvalue weighted by Gasteiger charge is -2.31. The molecule has 0 aromatic rings. The Morgan fingerprint density at radius 3 is 2.68 bits per heavy atom. The zero-order chi connectivity index (χ0) is 13.7. The molecule has 0 unspecified atom stereocenters. The molecular formula is C13H23N3O3. The largest absolute Gasteiger partial charge is 0.380 e. The Morgan fingerprint density at radius 1 is 1.26 bits per heavy atom. The molecular weight excluding hydrogens is 246 g/mol. The van der Waals surface area contributed by atoms with E-state index >= 15 is 0 Å². The molecule has 2 aliphatic rings. The number of hydrogen-bond donors (Lipinski definition) is 2. The lowest BCUT2D eigenvalue weighted by atomic mass is 9.88. The highest BCUT2D eigenvalue weighted by atomic mass is 16.5. The first-order chi connectivity index (χ1) is 9.19. The van der Waals surface area contributed by atoms with Crippen LogP contribution in [0.2, 0.25) is 0 Å².